The van der Waals surface area contributed by atoms with Gasteiger partial charge in [-0.1, -0.05) is 18.2 Å². The van der Waals surface area contributed by atoms with E-state index < -0.39 is 10.0 Å². The fourth-order valence-corrected chi connectivity index (χ4v) is 2.81. The Hall–Kier alpha value is -2.64. The van der Waals surface area contributed by atoms with Crippen LogP contribution >= 0.6 is 0 Å². The van der Waals surface area contributed by atoms with E-state index in [9.17, 15) is 13.2 Å². The third-order valence-corrected chi connectivity index (χ3v) is 4.42. The van der Waals surface area contributed by atoms with Gasteiger partial charge in [0.25, 0.3) is 0 Å². The standard InChI is InChI=1S/C17H18N2O4S/c1-2-3-4-7-17(20)19-14-8-10-16(11-9-14)24(21,22)18-13-15-6-5-12-23-15/h2-12,18H,13H2,1H3,(H,19,20)/b3-2+,7-4+. The fourth-order valence-electron chi connectivity index (χ4n) is 1.82. The van der Waals surface area contributed by atoms with Gasteiger partial charge in [-0.3, -0.25) is 4.79 Å². The zero-order valence-corrected chi connectivity index (χ0v) is 13.9. The summed E-state index contributed by atoms with van der Waals surface area (Å²) >= 11 is 0. The predicted octanol–water partition coefficient (Wildman–Crippen LogP) is 2.83. The number of carbonyl (C=O) groups is 1. The van der Waals surface area contributed by atoms with Crippen LogP contribution in [0.1, 0.15) is 12.7 Å². The van der Waals surface area contributed by atoms with E-state index in [1.807, 2.05) is 6.92 Å². The quantitative estimate of drug-likeness (QED) is 0.596. The number of hydrogen-bond donors (Lipinski definition) is 2. The first-order valence-corrected chi connectivity index (χ1v) is 8.72. The van der Waals surface area contributed by atoms with Gasteiger partial charge >= 0.3 is 0 Å². The van der Waals surface area contributed by atoms with Crippen molar-refractivity contribution in [2.45, 2.75) is 18.4 Å². The molecule has 0 saturated carbocycles. The van der Waals surface area contributed by atoms with E-state index in [-0.39, 0.29) is 17.3 Å². The number of furan rings is 1. The molecule has 24 heavy (non-hydrogen) atoms. The third-order valence-electron chi connectivity index (χ3n) is 3.00. The van der Waals surface area contributed by atoms with Crippen molar-refractivity contribution in [1.82, 2.24) is 4.72 Å². The second kappa shape index (κ2) is 8.28. The van der Waals surface area contributed by atoms with Gasteiger partial charge in [0.1, 0.15) is 5.76 Å². The van der Waals surface area contributed by atoms with Crippen molar-refractivity contribution < 1.29 is 17.6 Å². The molecule has 0 spiro atoms. The molecule has 1 heterocycles. The summed E-state index contributed by atoms with van der Waals surface area (Å²) in [5.74, 6) is 0.232. The van der Waals surface area contributed by atoms with Crippen molar-refractivity contribution >= 4 is 21.6 Å². The van der Waals surface area contributed by atoms with Crippen molar-refractivity contribution in [3.05, 3.63) is 72.7 Å². The number of sulfonamides is 1. The average molecular weight is 346 g/mol. The van der Waals surface area contributed by atoms with E-state index in [0.717, 1.165) is 0 Å². The van der Waals surface area contributed by atoms with E-state index in [0.29, 0.717) is 11.4 Å². The molecule has 126 valence electrons. The first kappa shape index (κ1) is 17.7. The van der Waals surface area contributed by atoms with Gasteiger partial charge in [-0.2, -0.15) is 0 Å². The van der Waals surface area contributed by atoms with E-state index in [1.54, 1.807) is 30.4 Å². The summed E-state index contributed by atoms with van der Waals surface area (Å²) in [6.07, 6.45) is 8.02. The molecular formula is C17H18N2O4S. The Balaban J connectivity index is 1.98. The Labute approximate surface area is 140 Å². The number of nitrogens with one attached hydrogen (secondary N) is 2. The van der Waals surface area contributed by atoms with Crippen molar-refractivity contribution in [2.24, 2.45) is 0 Å². The zero-order chi connectivity index (χ0) is 17.4. The number of benzene rings is 1. The highest BCUT2D eigenvalue weighted by Crippen LogP contribution is 2.14. The maximum absolute atomic E-state index is 12.2. The minimum Gasteiger partial charge on any atom is -0.468 e. The average Bonchev–Trinajstić information content (AvgIpc) is 3.07. The van der Waals surface area contributed by atoms with Crippen LogP contribution in [0.25, 0.3) is 0 Å². The minimum absolute atomic E-state index is 0.0730. The molecule has 0 aliphatic carbocycles. The molecule has 0 fully saturated rings. The van der Waals surface area contributed by atoms with Crippen LogP contribution in [-0.2, 0) is 21.4 Å². The van der Waals surface area contributed by atoms with Crippen LogP contribution in [0.5, 0.6) is 0 Å². The van der Waals surface area contributed by atoms with Gasteiger partial charge in [-0.05, 0) is 43.3 Å². The molecule has 0 bridgehead atoms. The monoisotopic (exact) mass is 346 g/mol. The maximum atomic E-state index is 12.2. The molecule has 6 nitrogen and oxygen atoms in total. The van der Waals surface area contributed by atoms with Gasteiger partial charge in [0.15, 0.2) is 0 Å². The summed E-state index contributed by atoms with van der Waals surface area (Å²) in [5.41, 5.74) is 0.509. The SMILES string of the molecule is C/C=C/C=C/C(=O)Nc1ccc(S(=O)(=O)NCc2ccco2)cc1. The Morgan fingerprint density at radius 2 is 1.92 bits per heavy atom. The molecule has 2 N–H and O–H groups in total. The largest absolute Gasteiger partial charge is 0.468 e. The number of carbonyl (C=O) groups excluding carboxylic acids is 1. The Bertz CT molecular complexity index is 820. The van der Waals surface area contributed by atoms with Gasteiger partial charge in [0.2, 0.25) is 15.9 Å². The number of amides is 1. The summed E-state index contributed by atoms with van der Waals surface area (Å²) in [5, 5.41) is 2.64. The van der Waals surface area contributed by atoms with Gasteiger partial charge < -0.3 is 9.73 Å². The second-order valence-corrected chi connectivity index (χ2v) is 6.57. The van der Waals surface area contributed by atoms with Gasteiger partial charge in [-0.15, -0.1) is 0 Å². The lowest BCUT2D eigenvalue weighted by atomic mass is 10.3. The maximum Gasteiger partial charge on any atom is 0.248 e. The summed E-state index contributed by atoms with van der Waals surface area (Å²) in [6, 6.07) is 9.28. The molecule has 0 unspecified atom stereocenters. The predicted molar refractivity (Wildman–Crippen MR) is 91.8 cm³/mol. The topological polar surface area (TPSA) is 88.4 Å². The van der Waals surface area contributed by atoms with Gasteiger partial charge in [-0.25, -0.2) is 13.1 Å². The number of anilines is 1. The van der Waals surface area contributed by atoms with Crippen LogP contribution in [0.2, 0.25) is 0 Å². The molecule has 1 amide bonds. The highest BCUT2D eigenvalue weighted by Gasteiger charge is 2.14. The molecule has 0 aliphatic rings. The smallest absolute Gasteiger partial charge is 0.248 e. The summed E-state index contributed by atoms with van der Waals surface area (Å²) < 4.78 is 31.9. The molecule has 2 aromatic rings. The van der Waals surface area contributed by atoms with Crippen LogP contribution in [0.4, 0.5) is 5.69 Å². The highest BCUT2D eigenvalue weighted by molar-refractivity contribution is 7.89. The van der Waals surface area contributed by atoms with Crippen LogP contribution in [0.3, 0.4) is 0 Å². The lowest BCUT2D eigenvalue weighted by Gasteiger charge is -2.07. The molecule has 0 aliphatic heterocycles. The first-order valence-electron chi connectivity index (χ1n) is 7.24. The number of rotatable bonds is 7. The summed E-state index contributed by atoms with van der Waals surface area (Å²) in [6.45, 7) is 1.92. The van der Waals surface area contributed by atoms with Crippen LogP contribution in [0, 0.1) is 0 Å². The second-order valence-electron chi connectivity index (χ2n) is 4.80. The van der Waals surface area contributed by atoms with Crippen LogP contribution in [0.15, 0.2) is 76.3 Å². The Kier molecular flexibility index (Phi) is 6.11. The molecular weight excluding hydrogens is 328 g/mol. The normalized spacial score (nSPS) is 12.0. The lowest BCUT2D eigenvalue weighted by Crippen LogP contribution is -2.23. The van der Waals surface area contributed by atoms with Crippen molar-refractivity contribution in [2.75, 3.05) is 5.32 Å². The van der Waals surface area contributed by atoms with Crippen LogP contribution < -0.4 is 10.0 Å². The van der Waals surface area contributed by atoms with Gasteiger partial charge in [0.05, 0.1) is 17.7 Å². The minimum atomic E-state index is -3.64. The molecule has 2 rings (SSSR count). The summed E-state index contributed by atoms with van der Waals surface area (Å²) in [4.78, 5) is 11.7. The molecule has 7 heteroatoms. The van der Waals surface area contributed by atoms with E-state index in [1.165, 1.54) is 36.6 Å². The molecule has 0 radical (unpaired) electrons. The Morgan fingerprint density at radius 1 is 1.17 bits per heavy atom. The van der Waals surface area contributed by atoms with Crippen molar-refractivity contribution in [1.29, 1.82) is 0 Å². The van der Waals surface area contributed by atoms with Crippen molar-refractivity contribution in [3.8, 4) is 0 Å². The Morgan fingerprint density at radius 3 is 2.54 bits per heavy atom. The lowest BCUT2D eigenvalue weighted by molar-refractivity contribution is -0.111. The molecule has 1 aromatic heterocycles. The van der Waals surface area contributed by atoms with Crippen LogP contribution in [-0.4, -0.2) is 14.3 Å². The molecule has 0 atom stereocenters. The first-order chi connectivity index (χ1) is 11.5. The molecule has 0 saturated heterocycles. The highest BCUT2D eigenvalue weighted by atomic mass is 32.2. The summed E-state index contributed by atoms with van der Waals surface area (Å²) in [7, 11) is -3.64. The van der Waals surface area contributed by atoms with E-state index in [4.69, 9.17) is 4.42 Å². The van der Waals surface area contributed by atoms with Crippen molar-refractivity contribution in [3.63, 3.8) is 0 Å². The van der Waals surface area contributed by atoms with Gasteiger partial charge in [0, 0.05) is 11.8 Å². The van der Waals surface area contributed by atoms with E-state index >= 15 is 0 Å². The third kappa shape index (κ3) is 5.22. The number of allylic oxidation sites excluding steroid dienone is 3. The van der Waals surface area contributed by atoms with E-state index in [2.05, 4.69) is 10.0 Å². The zero-order valence-electron chi connectivity index (χ0n) is 13.1. The molecule has 1 aromatic carbocycles. The number of hydrogen-bond acceptors (Lipinski definition) is 4. The fraction of sp³-hybridized carbons (Fsp3) is 0.118.